The molecule has 2 saturated carbocycles. The second-order valence-corrected chi connectivity index (χ2v) is 16.5. The molecule has 4 atom stereocenters. The molecule has 0 unspecified atom stereocenters. The molecule has 0 aromatic rings. The van der Waals surface area contributed by atoms with Crippen LogP contribution in [0.3, 0.4) is 0 Å². The first kappa shape index (κ1) is 18.2. The van der Waals surface area contributed by atoms with Crippen LogP contribution in [0, 0.1) is 28.6 Å². The van der Waals surface area contributed by atoms with Gasteiger partial charge in [0.1, 0.15) is 11.9 Å². The van der Waals surface area contributed by atoms with Gasteiger partial charge < -0.3 is 4.43 Å². The number of ketones is 1. The molecule has 1 heterocycles. The number of nitriles is 1. The summed E-state index contributed by atoms with van der Waals surface area (Å²) in [4.78, 5) is 13.0. The van der Waals surface area contributed by atoms with Crippen molar-refractivity contribution in [3.05, 3.63) is 12.2 Å². The molecule has 3 aliphatic carbocycles. The van der Waals surface area contributed by atoms with E-state index in [1.54, 1.807) is 0 Å². The summed E-state index contributed by atoms with van der Waals surface area (Å²) in [6.07, 6.45) is 8.85. The van der Waals surface area contributed by atoms with Crippen molar-refractivity contribution in [2.24, 2.45) is 17.3 Å². The Labute approximate surface area is 160 Å². The number of Topliss-reactive ketones (excluding diaryl/α,β-unsaturated/α-hetero) is 1. The van der Waals surface area contributed by atoms with E-state index in [2.05, 4.69) is 55.3 Å². The Morgan fingerprint density at radius 2 is 1.96 bits per heavy atom. The maximum absolute atomic E-state index is 13.0. The van der Waals surface area contributed by atoms with Crippen LogP contribution in [-0.2, 0) is 9.22 Å². The minimum atomic E-state index is -1.85. The molecule has 4 aliphatic rings. The van der Waals surface area contributed by atoms with Crippen LogP contribution in [0.25, 0.3) is 0 Å². The van der Waals surface area contributed by atoms with Crippen LogP contribution < -0.4 is 0 Å². The molecule has 1 aliphatic heterocycles. The average molecular weight is 394 g/mol. The molecule has 1 saturated heterocycles. The van der Waals surface area contributed by atoms with E-state index in [1.165, 1.54) is 17.9 Å². The average Bonchev–Trinajstić information content (AvgIpc) is 3.01. The van der Waals surface area contributed by atoms with E-state index in [0.717, 1.165) is 12.8 Å². The van der Waals surface area contributed by atoms with E-state index in [4.69, 9.17) is 4.43 Å². The molecule has 0 aromatic carbocycles. The highest BCUT2D eigenvalue weighted by molar-refractivity contribution is 8.18. The van der Waals surface area contributed by atoms with Gasteiger partial charge in [-0.1, -0.05) is 6.08 Å². The second-order valence-electron chi connectivity index (χ2n) is 8.96. The molecule has 3 nitrogen and oxygen atoms in total. The van der Waals surface area contributed by atoms with Gasteiger partial charge in [0, 0.05) is 6.42 Å². The maximum atomic E-state index is 13.0. The number of carbonyl (C=O) groups is 1. The number of rotatable bonds is 2. The fourth-order valence-corrected chi connectivity index (χ4v) is 10.8. The fourth-order valence-electron chi connectivity index (χ4n) is 5.61. The van der Waals surface area contributed by atoms with Crippen molar-refractivity contribution in [3.63, 3.8) is 0 Å². The van der Waals surface area contributed by atoms with Gasteiger partial charge in [0.25, 0.3) is 0 Å². The summed E-state index contributed by atoms with van der Waals surface area (Å²) in [5.41, 5.74) is -1.15. The standard InChI is InChI=1S/C19H27NO2S2Si/c1-25(2,3)22-17(13-20)7-8-18-14(11-17)12-19(23-9-4-10-24-19)15(18)5-6-16(18)21/h7-8,14-15H,4-6,9-12H2,1-3H3/t14-,15+,17-,18-/m1/s1. The lowest BCUT2D eigenvalue weighted by molar-refractivity contribution is -0.127. The van der Waals surface area contributed by atoms with Gasteiger partial charge in [-0.25, -0.2) is 0 Å². The zero-order valence-corrected chi connectivity index (χ0v) is 18.0. The van der Waals surface area contributed by atoms with Crippen molar-refractivity contribution in [1.29, 1.82) is 5.26 Å². The normalized spacial score (nSPS) is 42.2. The van der Waals surface area contributed by atoms with Crippen LogP contribution >= 0.6 is 23.5 Å². The Morgan fingerprint density at radius 1 is 1.24 bits per heavy atom. The molecule has 3 fully saturated rings. The van der Waals surface area contributed by atoms with Crippen LogP contribution in [0.15, 0.2) is 12.2 Å². The number of nitrogens with zero attached hydrogens (tertiary/aromatic N) is 1. The molecule has 0 aromatic heterocycles. The molecule has 0 amide bonds. The minimum Gasteiger partial charge on any atom is -0.397 e. The van der Waals surface area contributed by atoms with Crippen LogP contribution in [0.4, 0.5) is 0 Å². The second kappa shape index (κ2) is 5.89. The van der Waals surface area contributed by atoms with E-state index < -0.39 is 13.9 Å². The van der Waals surface area contributed by atoms with Crippen LogP contribution in [0.2, 0.25) is 19.6 Å². The monoisotopic (exact) mass is 393 g/mol. The van der Waals surface area contributed by atoms with Crippen molar-refractivity contribution in [1.82, 2.24) is 0 Å². The lowest BCUT2D eigenvalue weighted by Gasteiger charge is -2.43. The van der Waals surface area contributed by atoms with Crippen LogP contribution in [0.5, 0.6) is 0 Å². The molecule has 136 valence electrons. The number of fused-ring (bicyclic) bond motifs is 1. The SMILES string of the molecule is C[Si](C)(C)O[C@]1(C#N)C=C[C@]23C(=O)CC[C@@H]2C2(C[C@H]3C1)SCCCS2. The highest BCUT2D eigenvalue weighted by Crippen LogP contribution is 2.71. The number of thioether (sulfide) groups is 2. The summed E-state index contributed by atoms with van der Waals surface area (Å²) < 4.78 is 6.53. The highest BCUT2D eigenvalue weighted by Gasteiger charge is 2.69. The Morgan fingerprint density at radius 3 is 2.60 bits per heavy atom. The fraction of sp³-hybridized carbons (Fsp3) is 0.789. The van der Waals surface area contributed by atoms with Crippen LogP contribution in [0.1, 0.15) is 32.1 Å². The van der Waals surface area contributed by atoms with Gasteiger partial charge in [-0.15, -0.1) is 23.5 Å². The maximum Gasteiger partial charge on any atom is 0.186 e. The largest absolute Gasteiger partial charge is 0.397 e. The van der Waals surface area contributed by atoms with Gasteiger partial charge in [0.05, 0.1) is 9.49 Å². The van der Waals surface area contributed by atoms with E-state index in [1.807, 2.05) is 6.08 Å². The van der Waals surface area contributed by atoms with Gasteiger partial charge in [-0.05, 0) is 74.7 Å². The number of hydrogen-bond acceptors (Lipinski definition) is 5. The van der Waals surface area contributed by atoms with Crippen molar-refractivity contribution in [3.8, 4) is 6.07 Å². The van der Waals surface area contributed by atoms with Gasteiger partial charge in [-0.2, -0.15) is 5.26 Å². The highest BCUT2D eigenvalue weighted by atomic mass is 32.2. The molecular weight excluding hydrogens is 366 g/mol. The summed E-state index contributed by atoms with van der Waals surface area (Å²) in [5, 5.41) is 9.93. The molecule has 0 bridgehead atoms. The first-order chi connectivity index (χ1) is 11.8. The third-order valence-electron chi connectivity index (χ3n) is 6.29. The lowest BCUT2D eigenvalue weighted by Crippen LogP contribution is -2.48. The molecule has 25 heavy (non-hydrogen) atoms. The number of hydrogen-bond donors (Lipinski definition) is 0. The first-order valence-electron chi connectivity index (χ1n) is 9.38. The predicted molar refractivity (Wildman–Crippen MR) is 107 cm³/mol. The van der Waals surface area contributed by atoms with E-state index >= 15 is 0 Å². The Balaban J connectivity index is 1.74. The van der Waals surface area contributed by atoms with Crippen molar-refractivity contribution in [2.75, 3.05) is 11.5 Å². The van der Waals surface area contributed by atoms with Crippen molar-refractivity contribution < 1.29 is 9.22 Å². The Kier molecular flexibility index (Phi) is 4.27. The molecule has 4 rings (SSSR count). The van der Waals surface area contributed by atoms with Gasteiger partial charge in [-0.3, -0.25) is 4.79 Å². The van der Waals surface area contributed by atoms with E-state index in [9.17, 15) is 10.1 Å². The third kappa shape index (κ3) is 2.69. The smallest absolute Gasteiger partial charge is 0.186 e. The van der Waals surface area contributed by atoms with Crippen LogP contribution in [-0.4, -0.2) is 35.3 Å². The quantitative estimate of drug-likeness (QED) is 0.506. The summed E-state index contributed by atoms with van der Waals surface area (Å²) in [5.74, 6) is 3.53. The Hall–Kier alpha value is -0.223. The predicted octanol–water partition coefficient (Wildman–Crippen LogP) is 4.61. The molecular formula is C19H27NO2S2Si. The third-order valence-corrected chi connectivity index (χ3v) is 10.8. The van der Waals surface area contributed by atoms with E-state index in [0.29, 0.717) is 24.5 Å². The number of allylic oxidation sites excluding steroid dienone is 1. The summed E-state index contributed by atoms with van der Waals surface area (Å²) in [6, 6.07) is 2.47. The van der Waals surface area contributed by atoms with Gasteiger partial charge >= 0.3 is 0 Å². The molecule has 0 radical (unpaired) electrons. The zero-order chi connectivity index (χ0) is 17.9. The molecule has 2 spiro atoms. The minimum absolute atomic E-state index is 0.185. The van der Waals surface area contributed by atoms with Gasteiger partial charge in [0.15, 0.2) is 13.9 Å². The molecule has 6 heteroatoms. The van der Waals surface area contributed by atoms with E-state index in [-0.39, 0.29) is 15.4 Å². The van der Waals surface area contributed by atoms with Crippen molar-refractivity contribution in [2.45, 2.75) is 61.4 Å². The molecule has 0 N–H and O–H groups in total. The zero-order valence-electron chi connectivity index (χ0n) is 15.3. The first-order valence-corrected chi connectivity index (χ1v) is 14.8. The number of carbonyl (C=O) groups excluding carboxylic acids is 1. The lowest BCUT2D eigenvalue weighted by atomic mass is 9.65. The summed E-state index contributed by atoms with van der Waals surface area (Å²) in [7, 11) is -1.85. The summed E-state index contributed by atoms with van der Waals surface area (Å²) >= 11 is 4.19. The Bertz CT molecular complexity index is 661. The summed E-state index contributed by atoms with van der Waals surface area (Å²) in [6.45, 7) is 6.41. The van der Waals surface area contributed by atoms with Gasteiger partial charge in [0.2, 0.25) is 0 Å². The topological polar surface area (TPSA) is 50.1 Å². The van der Waals surface area contributed by atoms with Crippen molar-refractivity contribution >= 4 is 37.6 Å².